The molecule has 1 aliphatic carbocycles. The summed E-state index contributed by atoms with van der Waals surface area (Å²) in [6, 6.07) is 1.44. The predicted octanol–water partition coefficient (Wildman–Crippen LogP) is 4.94. The molecule has 1 saturated carbocycles. The maximum atomic E-state index is 13.3. The largest absolute Gasteiger partial charge is 0.510 e. The Labute approximate surface area is 205 Å². The number of hydrogen-bond acceptors (Lipinski definition) is 7. The van der Waals surface area contributed by atoms with E-state index in [1.165, 1.54) is 13.8 Å². The van der Waals surface area contributed by atoms with Crippen molar-refractivity contribution in [2.24, 2.45) is 4.99 Å². The van der Waals surface area contributed by atoms with Gasteiger partial charge in [0.2, 0.25) is 12.1 Å². The lowest BCUT2D eigenvalue weighted by atomic mass is 9.98. The highest BCUT2D eigenvalue weighted by Gasteiger charge is 2.36. The molecule has 35 heavy (non-hydrogen) atoms. The number of benzene rings is 1. The summed E-state index contributed by atoms with van der Waals surface area (Å²) in [4.78, 5) is 28.0. The summed E-state index contributed by atoms with van der Waals surface area (Å²) >= 11 is 6.03. The van der Waals surface area contributed by atoms with Crippen LogP contribution in [0.5, 0.6) is 0 Å². The van der Waals surface area contributed by atoms with Crippen LogP contribution in [0.2, 0.25) is 5.02 Å². The molecule has 0 bridgehead atoms. The van der Waals surface area contributed by atoms with Gasteiger partial charge in [-0.05, 0) is 44.7 Å². The van der Waals surface area contributed by atoms with Crippen LogP contribution in [0, 0.1) is 6.92 Å². The zero-order chi connectivity index (χ0) is 25.9. The third-order valence-corrected chi connectivity index (χ3v) is 6.73. The maximum Gasteiger partial charge on any atom is 0.510 e. The first-order chi connectivity index (χ1) is 16.4. The molecule has 3 rings (SSSR count). The van der Waals surface area contributed by atoms with E-state index in [2.05, 4.69) is 10.1 Å². The highest BCUT2D eigenvalue weighted by molar-refractivity contribution is 7.84. The van der Waals surface area contributed by atoms with Gasteiger partial charge in [0.05, 0.1) is 31.8 Å². The number of ether oxygens (including phenoxy) is 2. The van der Waals surface area contributed by atoms with Crippen LogP contribution >= 0.6 is 11.6 Å². The number of halogens is 4. The zero-order valence-electron chi connectivity index (χ0n) is 19.1. The molecule has 14 heteroatoms. The Balaban J connectivity index is 1.88. The Morgan fingerprint density at radius 2 is 1.94 bits per heavy atom. The van der Waals surface area contributed by atoms with Crippen LogP contribution in [0.4, 0.5) is 18.0 Å². The standard InChI is InChI=1S/C21H23ClF3N3O6S/c1-11-27-28(12(2)33-20(30)34-13-7-5-4-6-8-13)19(32-11)26-18(29)14-9-10-15(21(23,24)25)17(16(14)22)35(3)31/h9-10,12-13H,4-8H2,1-3H3. The van der Waals surface area contributed by atoms with Crippen molar-refractivity contribution in [2.75, 3.05) is 6.26 Å². The normalized spacial score (nSPS) is 17.2. The topological polar surface area (TPSA) is 113 Å². The van der Waals surface area contributed by atoms with Gasteiger partial charge in [-0.3, -0.25) is 9.00 Å². The molecular formula is C21H23ClF3N3O6S. The summed E-state index contributed by atoms with van der Waals surface area (Å²) in [7, 11) is -2.15. The van der Waals surface area contributed by atoms with Gasteiger partial charge in [-0.15, -0.1) is 5.10 Å². The SMILES string of the molecule is Cc1nn(C(C)OC(=O)OC2CCCCC2)c(=NC(=O)c2ccc(C(F)(F)F)c(S(C)=O)c2Cl)o1. The van der Waals surface area contributed by atoms with E-state index in [1.807, 2.05) is 0 Å². The van der Waals surface area contributed by atoms with Gasteiger partial charge in [-0.2, -0.15) is 22.8 Å². The van der Waals surface area contributed by atoms with Crippen LogP contribution in [0.1, 0.15) is 67.1 Å². The third kappa shape index (κ3) is 6.51. The Bertz CT molecular complexity index is 1200. The minimum Gasteiger partial charge on any atom is -0.431 e. The van der Waals surface area contributed by atoms with Crippen LogP contribution < -0.4 is 5.68 Å². The Hall–Kier alpha value is -2.67. The first-order valence-electron chi connectivity index (χ1n) is 10.6. The molecule has 0 spiro atoms. The van der Waals surface area contributed by atoms with Crippen molar-refractivity contribution < 1.29 is 40.9 Å². The molecule has 0 radical (unpaired) electrons. The van der Waals surface area contributed by atoms with Crippen molar-refractivity contribution in [2.45, 2.75) is 69.4 Å². The highest BCUT2D eigenvalue weighted by Crippen LogP contribution is 2.38. The molecule has 2 unspecified atom stereocenters. The summed E-state index contributed by atoms with van der Waals surface area (Å²) in [6.45, 7) is 2.90. The Morgan fingerprint density at radius 3 is 2.54 bits per heavy atom. The van der Waals surface area contributed by atoms with Gasteiger partial charge in [0.15, 0.2) is 0 Å². The molecule has 1 amide bonds. The minimum absolute atomic E-state index is 0.0708. The van der Waals surface area contributed by atoms with Gasteiger partial charge in [0, 0.05) is 13.2 Å². The van der Waals surface area contributed by atoms with Gasteiger partial charge < -0.3 is 13.9 Å². The Kier molecular flexibility index (Phi) is 8.42. The number of aromatic nitrogens is 2. The summed E-state index contributed by atoms with van der Waals surface area (Å²) in [5.74, 6) is -1.00. The summed E-state index contributed by atoms with van der Waals surface area (Å²) in [5.41, 5.74) is -2.03. The zero-order valence-corrected chi connectivity index (χ0v) is 20.6. The number of aryl methyl sites for hydroxylation is 1. The van der Waals surface area contributed by atoms with E-state index in [-0.39, 0.29) is 17.7 Å². The van der Waals surface area contributed by atoms with E-state index in [0.717, 1.165) is 49.1 Å². The lowest BCUT2D eigenvalue weighted by Gasteiger charge is -2.22. The van der Waals surface area contributed by atoms with Crippen LogP contribution in [0.25, 0.3) is 0 Å². The fourth-order valence-electron chi connectivity index (χ4n) is 3.61. The molecule has 1 fully saturated rings. The average Bonchev–Trinajstić information content (AvgIpc) is 3.13. The van der Waals surface area contributed by atoms with Crippen molar-refractivity contribution >= 4 is 34.5 Å². The smallest absolute Gasteiger partial charge is 0.431 e. The van der Waals surface area contributed by atoms with Crippen LogP contribution in [0.15, 0.2) is 26.4 Å². The summed E-state index contributed by atoms with van der Waals surface area (Å²) in [6.07, 6.45) is -1.58. The van der Waals surface area contributed by atoms with Gasteiger partial charge in [0.1, 0.15) is 6.10 Å². The first kappa shape index (κ1) is 26.9. The minimum atomic E-state index is -4.83. The van der Waals surface area contributed by atoms with Crippen molar-refractivity contribution in [3.05, 3.63) is 39.9 Å². The third-order valence-electron chi connectivity index (χ3n) is 5.23. The fourth-order valence-corrected chi connectivity index (χ4v) is 5.04. The maximum absolute atomic E-state index is 13.3. The van der Waals surface area contributed by atoms with Crippen molar-refractivity contribution in [3.8, 4) is 0 Å². The van der Waals surface area contributed by atoms with E-state index >= 15 is 0 Å². The second-order valence-corrected chi connectivity index (χ2v) is 9.56. The van der Waals surface area contributed by atoms with Gasteiger partial charge in [-0.25, -0.2) is 4.79 Å². The second kappa shape index (κ2) is 10.9. The highest BCUT2D eigenvalue weighted by atomic mass is 35.5. The molecule has 0 saturated heterocycles. The van der Waals surface area contributed by atoms with E-state index in [1.54, 1.807) is 0 Å². The molecule has 2 atom stereocenters. The van der Waals surface area contributed by atoms with E-state index in [9.17, 15) is 27.0 Å². The van der Waals surface area contributed by atoms with Gasteiger partial charge in [-0.1, -0.05) is 18.0 Å². The quantitative estimate of drug-likeness (QED) is 0.496. The molecule has 2 aromatic rings. The number of carbonyl (C=O) groups excluding carboxylic acids is 2. The number of carbonyl (C=O) groups is 2. The van der Waals surface area contributed by atoms with Crippen LogP contribution in [-0.2, 0) is 26.4 Å². The number of amides is 1. The molecule has 192 valence electrons. The monoisotopic (exact) mass is 537 g/mol. The molecule has 1 heterocycles. The van der Waals surface area contributed by atoms with Crippen molar-refractivity contribution in [1.82, 2.24) is 9.78 Å². The molecule has 1 aliphatic rings. The van der Waals surface area contributed by atoms with Crippen molar-refractivity contribution in [1.29, 1.82) is 0 Å². The van der Waals surface area contributed by atoms with E-state index in [0.29, 0.717) is 6.07 Å². The fraction of sp³-hybridized carbons (Fsp3) is 0.524. The van der Waals surface area contributed by atoms with Crippen LogP contribution in [0.3, 0.4) is 0 Å². The number of nitrogens with zero attached hydrogens (tertiary/aromatic N) is 3. The molecule has 1 aromatic heterocycles. The van der Waals surface area contributed by atoms with E-state index in [4.69, 9.17) is 25.5 Å². The van der Waals surface area contributed by atoms with E-state index < -0.39 is 56.3 Å². The lowest BCUT2D eigenvalue weighted by Crippen LogP contribution is -2.28. The predicted molar refractivity (Wildman–Crippen MR) is 117 cm³/mol. The van der Waals surface area contributed by atoms with Crippen molar-refractivity contribution in [3.63, 3.8) is 0 Å². The number of hydrogen-bond donors (Lipinski definition) is 0. The van der Waals surface area contributed by atoms with Crippen LogP contribution in [-0.4, -0.2) is 38.4 Å². The van der Waals surface area contributed by atoms with Gasteiger partial charge >= 0.3 is 18.0 Å². The molecule has 0 aliphatic heterocycles. The molecular weight excluding hydrogens is 515 g/mol. The summed E-state index contributed by atoms with van der Waals surface area (Å²) < 4.78 is 68.6. The number of rotatable bonds is 5. The van der Waals surface area contributed by atoms with Gasteiger partial charge in [0.25, 0.3) is 5.91 Å². The number of alkyl halides is 3. The summed E-state index contributed by atoms with van der Waals surface area (Å²) in [5, 5.41) is 3.37. The first-order valence-corrected chi connectivity index (χ1v) is 12.6. The molecule has 9 nitrogen and oxygen atoms in total. The second-order valence-electron chi connectivity index (χ2n) is 7.87. The lowest BCUT2D eigenvalue weighted by molar-refractivity contribution is -0.139. The average molecular weight is 538 g/mol. The Morgan fingerprint density at radius 1 is 1.29 bits per heavy atom. The molecule has 0 N–H and O–H groups in total. The molecule has 1 aromatic carbocycles.